The quantitative estimate of drug-likeness (QED) is 0.812. The number of hydrogen-bond acceptors (Lipinski definition) is 6. The van der Waals surface area contributed by atoms with Crippen LogP contribution in [0.25, 0.3) is 0 Å². The van der Waals surface area contributed by atoms with E-state index in [1.165, 1.54) is 6.42 Å². The van der Waals surface area contributed by atoms with Gasteiger partial charge >= 0.3 is 0 Å². The molecule has 2 aliphatic heterocycles. The standard InChI is InChI=1S/C16H26N4O3/c1-13-17-18-14(23-13)10-19-7-3-5-16(11-19)6-4-15(21)20(12-16)8-9-22-2/h3-12H2,1-2H3/t16-/m1/s1. The molecule has 0 unspecified atom stereocenters. The van der Waals surface area contributed by atoms with Gasteiger partial charge in [-0.05, 0) is 25.8 Å². The van der Waals surface area contributed by atoms with E-state index in [9.17, 15) is 4.79 Å². The van der Waals surface area contributed by atoms with E-state index in [-0.39, 0.29) is 11.3 Å². The highest BCUT2D eigenvalue weighted by Gasteiger charge is 2.41. The van der Waals surface area contributed by atoms with Crippen molar-refractivity contribution in [2.75, 3.05) is 39.9 Å². The molecule has 0 radical (unpaired) electrons. The predicted octanol–water partition coefficient (Wildman–Crippen LogP) is 1.23. The fraction of sp³-hybridized carbons (Fsp3) is 0.812. The maximum atomic E-state index is 12.1. The van der Waals surface area contributed by atoms with Gasteiger partial charge in [0.2, 0.25) is 17.7 Å². The average Bonchev–Trinajstić information content (AvgIpc) is 2.94. The Labute approximate surface area is 137 Å². The maximum absolute atomic E-state index is 12.1. The molecule has 1 aromatic rings. The Hall–Kier alpha value is -1.47. The van der Waals surface area contributed by atoms with E-state index in [2.05, 4.69) is 15.1 Å². The molecule has 7 nitrogen and oxygen atoms in total. The molecule has 23 heavy (non-hydrogen) atoms. The molecule has 1 atom stereocenters. The van der Waals surface area contributed by atoms with Crippen LogP contribution in [0, 0.1) is 12.3 Å². The smallest absolute Gasteiger partial charge is 0.230 e. The SMILES string of the molecule is COCCN1C[C@]2(CCCN(Cc3nnc(C)o3)C2)CCC1=O. The van der Waals surface area contributed by atoms with Crippen LogP contribution in [-0.2, 0) is 16.1 Å². The van der Waals surface area contributed by atoms with Gasteiger partial charge in [-0.1, -0.05) is 0 Å². The van der Waals surface area contributed by atoms with Gasteiger partial charge in [0.25, 0.3) is 0 Å². The number of ether oxygens (including phenoxy) is 1. The first-order valence-corrected chi connectivity index (χ1v) is 8.38. The van der Waals surface area contributed by atoms with Crippen LogP contribution in [0.4, 0.5) is 0 Å². The Kier molecular flexibility index (Phi) is 4.96. The summed E-state index contributed by atoms with van der Waals surface area (Å²) < 4.78 is 10.6. The highest BCUT2D eigenvalue weighted by atomic mass is 16.5. The van der Waals surface area contributed by atoms with Gasteiger partial charge in [-0.2, -0.15) is 0 Å². The van der Waals surface area contributed by atoms with Crippen LogP contribution < -0.4 is 0 Å². The van der Waals surface area contributed by atoms with Crippen molar-refractivity contribution in [3.05, 3.63) is 11.8 Å². The monoisotopic (exact) mass is 322 g/mol. The molecule has 0 aliphatic carbocycles. The fourth-order valence-corrected chi connectivity index (χ4v) is 3.88. The minimum atomic E-state index is 0.203. The van der Waals surface area contributed by atoms with E-state index in [4.69, 9.17) is 9.15 Å². The Morgan fingerprint density at radius 2 is 2.17 bits per heavy atom. The number of methoxy groups -OCH3 is 1. The van der Waals surface area contributed by atoms with Crippen molar-refractivity contribution in [3.63, 3.8) is 0 Å². The lowest BCUT2D eigenvalue weighted by atomic mass is 9.73. The first kappa shape index (κ1) is 16.4. The third-order valence-corrected chi connectivity index (χ3v) is 4.98. The molecule has 3 rings (SSSR count). The van der Waals surface area contributed by atoms with Crippen molar-refractivity contribution in [2.24, 2.45) is 5.41 Å². The number of piperidine rings is 2. The second-order valence-corrected chi connectivity index (χ2v) is 6.84. The number of nitrogens with zero attached hydrogens (tertiary/aromatic N) is 4. The number of carbonyl (C=O) groups excluding carboxylic acids is 1. The lowest BCUT2D eigenvalue weighted by Crippen LogP contribution is -2.54. The van der Waals surface area contributed by atoms with Gasteiger partial charge < -0.3 is 14.1 Å². The highest BCUT2D eigenvalue weighted by Crippen LogP contribution is 2.39. The van der Waals surface area contributed by atoms with E-state index in [1.54, 1.807) is 7.11 Å². The summed E-state index contributed by atoms with van der Waals surface area (Å²) >= 11 is 0. The number of rotatable bonds is 5. The summed E-state index contributed by atoms with van der Waals surface area (Å²) in [5.41, 5.74) is 0.203. The molecular weight excluding hydrogens is 296 g/mol. The third-order valence-electron chi connectivity index (χ3n) is 4.98. The molecule has 0 aromatic carbocycles. The summed E-state index contributed by atoms with van der Waals surface area (Å²) in [6, 6.07) is 0. The number of amides is 1. The van der Waals surface area contributed by atoms with Crippen LogP contribution >= 0.6 is 0 Å². The Morgan fingerprint density at radius 1 is 1.30 bits per heavy atom. The summed E-state index contributed by atoms with van der Waals surface area (Å²) in [4.78, 5) is 16.5. The van der Waals surface area contributed by atoms with E-state index in [0.29, 0.717) is 37.9 Å². The van der Waals surface area contributed by atoms with Crippen LogP contribution in [0.5, 0.6) is 0 Å². The topological polar surface area (TPSA) is 71.7 Å². The maximum Gasteiger partial charge on any atom is 0.230 e. The van der Waals surface area contributed by atoms with Crippen LogP contribution in [0.1, 0.15) is 37.5 Å². The fourth-order valence-electron chi connectivity index (χ4n) is 3.88. The molecule has 1 amide bonds. The first-order valence-electron chi connectivity index (χ1n) is 8.38. The van der Waals surface area contributed by atoms with Crippen molar-refractivity contribution < 1.29 is 13.9 Å². The van der Waals surface area contributed by atoms with E-state index in [1.807, 2.05) is 11.8 Å². The van der Waals surface area contributed by atoms with Gasteiger partial charge in [-0.3, -0.25) is 9.69 Å². The zero-order valence-corrected chi connectivity index (χ0v) is 14.1. The molecule has 0 bridgehead atoms. The molecule has 3 heterocycles. The van der Waals surface area contributed by atoms with Crippen molar-refractivity contribution in [3.8, 4) is 0 Å². The lowest BCUT2D eigenvalue weighted by Gasteiger charge is -2.48. The molecular formula is C16H26N4O3. The normalized spacial score (nSPS) is 26.2. The lowest BCUT2D eigenvalue weighted by molar-refractivity contribution is -0.140. The second-order valence-electron chi connectivity index (χ2n) is 6.84. The molecule has 2 aliphatic rings. The van der Waals surface area contributed by atoms with Crippen molar-refractivity contribution >= 4 is 5.91 Å². The predicted molar refractivity (Wildman–Crippen MR) is 83.7 cm³/mol. The molecule has 128 valence electrons. The molecule has 2 fully saturated rings. The van der Waals surface area contributed by atoms with Gasteiger partial charge in [0, 0.05) is 45.5 Å². The third kappa shape index (κ3) is 3.90. The van der Waals surface area contributed by atoms with Crippen LogP contribution in [-0.4, -0.2) is 65.8 Å². The molecule has 1 spiro atoms. The zero-order chi connectivity index (χ0) is 16.3. The van der Waals surface area contributed by atoms with Crippen molar-refractivity contribution in [1.29, 1.82) is 0 Å². The number of hydrogen-bond donors (Lipinski definition) is 0. The Morgan fingerprint density at radius 3 is 2.91 bits per heavy atom. The van der Waals surface area contributed by atoms with Crippen LogP contribution in [0.15, 0.2) is 4.42 Å². The second kappa shape index (κ2) is 6.97. The zero-order valence-electron chi connectivity index (χ0n) is 14.1. The summed E-state index contributed by atoms with van der Waals surface area (Å²) in [6.45, 7) is 6.70. The molecule has 7 heteroatoms. The molecule has 0 N–H and O–H groups in total. The van der Waals surface area contributed by atoms with Gasteiger partial charge in [0.1, 0.15) is 0 Å². The number of carbonyl (C=O) groups is 1. The van der Waals surface area contributed by atoms with E-state index >= 15 is 0 Å². The van der Waals surface area contributed by atoms with Gasteiger partial charge in [-0.25, -0.2) is 0 Å². The van der Waals surface area contributed by atoms with Crippen LogP contribution in [0.3, 0.4) is 0 Å². The molecule has 1 aromatic heterocycles. The van der Waals surface area contributed by atoms with E-state index in [0.717, 1.165) is 32.5 Å². The van der Waals surface area contributed by atoms with E-state index < -0.39 is 0 Å². The van der Waals surface area contributed by atoms with Crippen LogP contribution in [0.2, 0.25) is 0 Å². The first-order chi connectivity index (χ1) is 11.1. The summed E-state index contributed by atoms with van der Waals surface area (Å²) in [5, 5.41) is 8.00. The van der Waals surface area contributed by atoms with Gasteiger partial charge in [-0.15, -0.1) is 10.2 Å². The average molecular weight is 322 g/mol. The largest absolute Gasteiger partial charge is 0.424 e. The number of aryl methyl sites for hydroxylation is 1. The Balaban J connectivity index is 1.63. The van der Waals surface area contributed by atoms with Crippen molar-refractivity contribution in [2.45, 2.75) is 39.2 Å². The summed E-state index contributed by atoms with van der Waals surface area (Å²) in [7, 11) is 1.68. The number of aromatic nitrogens is 2. The Bertz CT molecular complexity index is 547. The minimum absolute atomic E-state index is 0.203. The van der Waals surface area contributed by atoms with Gasteiger partial charge in [0.15, 0.2) is 0 Å². The summed E-state index contributed by atoms with van der Waals surface area (Å²) in [5.74, 6) is 1.56. The number of likely N-dealkylation sites (tertiary alicyclic amines) is 2. The highest BCUT2D eigenvalue weighted by molar-refractivity contribution is 5.77. The summed E-state index contributed by atoms with van der Waals surface area (Å²) in [6.07, 6.45) is 3.97. The molecule has 2 saturated heterocycles. The molecule has 0 saturated carbocycles. The van der Waals surface area contributed by atoms with Crippen molar-refractivity contribution in [1.82, 2.24) is 20.0 Å². The minimum Gasteiger partial charge on any atom is -0.424 e. The van der Waals surface area contributed by atoms with Gasteiger partial charge in [0.05, 0.1) is 13.2 Å².